The van der Waals surface area contributed by atoms with Gasteiger partial charge >= 0.3 is 5.97 Å². The lowest BCUT2D eigenvalue weighted by Gasteiger charge is -2.36. The fourth-order valence-electron chi connectivity index (χ4n) is 3.26. The molecule has 0 spiro atoms. The van der Waals surface area contributed by atoms with Gasteiger partial charge in [0.2, 0.25) is 12.7 Å². The first-order valence-electron chi connectivity index (χ1n) is 8.62. The Morgan fingerprint density at radius 1 is 1.19 bits per heavy atom. The molecule has 1 heterocycles. The van der Waals surface area contributed by atoms with Gasteiger partial charge in [0.25, 0.3) is 5.91 Å². The van der Waals surface area contributed by atoms with E-state index in [0.29, 0.717) is 35.8 Å². The van der Waals surface area contributed by atoms with Gasteiger partial charge < -0.3 is 25.2 Å². The van der Waals surface area contributed by atoms with E-state index in [-0.39, 0.29) is 13.3 Å². The number of rotatable bonds is 5. The van der Waals surface area contributed by atoms with Crippen LogP contribution < -0.4 is 20.1 Å². The molecule has 26 heavy (non-hydrogen) atoms. The zero-order valence-electron chi connectivity index (χ0n) is 14.5. The first kappa shape index (κ1) is 18.0. The molecule has 8 nitrogen and oxygen atoms in total. The van der Waals surface area contributed by atoms with Crippen molar-refractivity contribution >= 4 is 17.8 Å². The molecule has 1 aliphatic heterocycles. The topological polar surface area (TPSA) is 114 Å². The number of ether oxygens (including phenoxy) is 2. The van der Waals surface area contributed by atoms with Crippen LogP contribution in [0.5, 0.6) is 11.5 Å². The van der Waals surface area contributed by atoms with Gasteiger partial charge in [-0.3, -0.25) is 9.59 Å². The maximum atomic E-state index is 12.2. The number of hydrogen-bond donors (Lipinski definition) is 3. The second kappa shape index (κ2) is 7.23. The molecule has 0 unspecified atom stereocenters. The molecule has 2 amide bonds. The van der Waals surface area contributed by atoms with Crippen LogP contribution in [0.4, 0.5) is 0 Å². The second-order valence-electron chi connectivity index (χ2n) is 6.87. The summed E-state index contributed by atoms with van der Waals surface area (Å²) in [6.07, 6.45) is 2.28. The monoisotopic (exact) mass is 362 g/mol. The normalized spacial score (nSPS) is 24.0. The van der Waals surface area contributed by atoms with Gasteiger partial charge in [-0.05, 0) is 49.8 Å². The van der Waals surface area contributed by atoms with Crippen molar-refractivity contribution < 1.29 is 29.0 Å². The number of amides is 2. The van der Waals surface area contributed by atoms with Gasteiger partial charge in [0.15, 0.2) is 11.5 Å². The van der Waals surface area contributed by atoms with Crippen LogP contribution in [0.3, 0.4) is 0 Å². The Labute approximate surface area is 150 Å². The van der Waals surface area contributed by atoms with Crippen molar-refractivity contribution in [3.63, 3.8) is 0 Å². The lowest BCUT2D eigenvalue weighted by molar-refractivity contribution is -0.149. The zero-order chi connectivity index (χ0) is 18.7. The van der Waals surface area contributed by atoms with Crippen molar-refractivity contribution in [3.8, 4) is 11.5 Å². The summed E-state index contributed by atoms with van der Waals surface area (Å²) < 4.78 is 10.4. The van der Waals surface area contributed by atoms with Crippen LogP contribution in [0.15, 0.2) is 18.2 Å². The van der Waals surface area contributed by atoms with E-state index < -0.39 is 23.3 Å². The maximum Gasteiger partial charge on any atom is 0.329 e. The highest BCUT2D eigenvalue weighted by Gasteiger charge is 2.42. The molecule has 0 radical (unpaired) electrons. The number of nitrogens with one attached hydrogen (secondary N) is 2. The molecule has 3 N–H and O–H groups in total. The number of benzene rings is 1. The Balaban J connectivity index is 1.56. The maximum absolute atomic E-state index is 12.2. The summed E-state index contributed by atoms with van der Waals surface area (Å²) >= 11 is 0. The lowest BCUT2D eigenvalue weighted by Crippen LogP contribution is -2.58. The first-order valence-corrected chi connectivity index (χ1v) is 8.62. The van der Waals surface area contributed by atoms with E-state index in [1.54, 1.807) is 12.1 Å². The largest absolute Gasteiger partial charge is 0.480 e. The molecular formula is C18H22N2O6. The molecule has 1 aromatic carbocycles. The number of aliphatic carboxylic acids is 1. The number of carbonyl (C=O) groups is 3. The number of hydrogen-bond acceptors (Lipinski definition) is 5. The molecule has 140 valence electrons. The molecule has 1 aromatic rings. The van der Waals surface area contributed by atoms with Crippen molar-refractivity contribution in [2.24, 2.45) is 5.92 Å². The zero-order valence-corrected chi connectivity index (χ0v) is 14.5. The summed E-state index contributed by atoms with van der Waals surface area (Å²) in [6, 6.07) is 4.73. The Kier molecular flexibility index (Phi) is 5.01. The van der Waals surface area contributed by atoms with Crippen molar-refractivity contribution in [3.05, 3.63) is 23.8 Å². The van der Waals surface area contributed by atoms with E-state index in [1.807, 2.05) is 0 Å². The van der Waals surface area contributed by atoms with E-state index >= 15 is 0 Å². The van der Waals surface area contributed by atoms with Gasteiger partial charge in [0.05, 0.1) is 6.54 Å². The lowest BCUT2D eigenvalue weighted by atomic mass is 9.77. The Bertz CT molecular complexity index is 724. The highest BCUT2D eigenvalue weighted by Crippen LogP contribution is 2.33. The predicted octanol–water partition coefficient (Wildman–Crippen LogP) is 1.29. The van der Waals surface area contributed by atoms with Crippen molar-refractivity contribution in [2.75, 3.05) is 13.3 Å². The van der Waals surface area contributed by atoms with Gasteiger partial charge in [-0.15, -0.1) is 0 Å². The van der Waals surface area contributed by atoms with Crippen LogP contribution in [0.25, 0.3) is 0 Å². The highest BCUT2D eigenvalue weighted by atomic mass is 16.7. The molecule has 0 atom stereocenters. The smallest absolute Gasteiger partial charge is 0.329 e. The minimum atomic E-state index is -1.24. The number of carbonyl (C=O) groups excluding carboxylic acids is 2. The van der Waals surface area contributed by atoms with E-state index in [2.05, 4.69) is 17.6 Å². The van der Waals surface area contributed by atoms with Crippen LogP contribution in [0.1, 0.15) is 43.0 Å². The van der Waals surface area contributed by atoms with Gasteiger partial charge in [-0.25, -0.2) is 4.79 Å². The standard InChI is InChI=1S/C18H22N2O6/c1-11-4-6-18(7-5-11,17(23)24)20-15(21)9-19-16(22)12-2-3-13-14(8-12)26-10-25-13/h2-3,8,11H,4-7,9-10H2,1H3,(H,19,22)(H,20,21)(H,23,24). The van der Waals surface area contributed by atoms with Crippen molar-refractivity contribution in [2.45, 2.75) is 38.1 Å². The van der Waals surface area contributed by atoms with Crippen LogP contribution in [0, 0.1) is 5.92 Å². The van der Waals surface area contributed by atoms with Crippen LogP contribution in [-0.4, -0.2) is 41.8 Å². The third-order valence-electron chi connectivity index (χ3n) is 4.96. The van der Waals surface area contributed by atoms with Gasteiger partial charge in [-0.1, -0.05) is 6.92 Å². The Morgan fingerprint density at radius 2 is 1.88 bits per heavy atom. The number of carboxylic acid groups (broad SMARTS) is 1. The fraction of sp³-hybridized carbons (Fsp3) is 0.500. The van der Waals surface area contributed by atoms with Crippen LogP contribution >= 0.6 is 0 Å². The molecule has 0 bridgehead atoms. The van der Waals surface area contributed by atoms with E-state index in [1.165, 1.54) is 6.07 Å². The van der Waals surface area contributed by atoms with Crippen molar-refractivity contribution in [1.82, 2.24) is 10.6 Å². The SMILES string of the molecule is CC1CCC(NC(=O)CNC(=O)c2ccc3c(c2)OCO3)(C(=O)O)CC1. The molecule has 1 saturated carbocycles. The predicted molar refractivity (Wildman–Crippen MR) is 91.0 cm³/mol. The van der Waals surface area contributed by atoms with Crippen LogP contribution in [0.2, 0.25) is 0 Å². The van der Waals surface area contributed by atoms with E-state index in [9.17, 15) is 19.5 Å². The average Bonchev–Trinajstić information content (AvgIpc) is 3.09. The molecule has 0 aromatic heterocycles. The fourth-order valence-corrected chi connectivity index (χ4v) is 3.26. The quantitative estimate of drug-likeness (QED) is 0.727. The number of carboxylic acids is 1. The second-order valence-corrected chi connectivity index (χ2v) is 6.87. The molecule has 1 aliphatic carbocycles. The summed E-state index contributed by atoms with van der Waals surface area (Å²) in [5, 5.41) is 14.6. The van der Waals surface area contributed by atoms with Crippen molar-refractivity contribution in [1.29, 1.82) is 0 Å². The van der Waals surface area contributed by atoms with Gasteiger partial charge in [0, 0.05) is 5.56 Å². The molecule has 0 saturated heterocycles. The molecule has 3 rings (SSSR count). The molecule has 2 aliphatic rings. The molecular weight excluding hydrogens is 340 g/mol. The summed E-state index contributed by atoms with van der Waals surface area (Å²) in [6.45, 7) is 1.88. The minimum absolute atomic E-state index is 0.110. The summed E-state index contributed by atoms with van der Waals surface area (Å²) in [4.78, 5) is 36.0. The Morgan fingerprint density at radius 3 is 2.58 bits per heavy atom. The first-order chi connectivity index (χ1) is 12.4. The third kappa shape index (κ3) is 3.74. The summed E-state index contributed by atoms with van der Waals surface area (Å²) in [5.74, 6) is -0.501. The van der Waals surface area contributed by atoms with Gasteiger partial charge in [-0.2, -0.15) is 0 Å². The third-order valence-corrected chi connectivity index (χ3v) is 4.96. The molecule has 8 heteroatoms. The minimum Gasteiger partial charge on any atom is -0.480 e. The summed E-state index contributed by atoms with van der Waals surface area (Å²) in [5.41, 5.74) is -0.908. The Hall–Kier alpha value is -2.77. The molecule has 1 fully saturated rings. The van der Waals surface area contributed by atoms with E-state index in [4.69, 9.17) is 9.47 Å². The number of fused-ring (bicyclic) bond motifs is 1. The highest BCUT2D eigenvalue weighted by molar-refractivity contribution is 5.97. The van der Waals surface area contributed by atoms with E-state index in [0.717, 1.165) is 12.8 Å². The van der Waals surface area contributed by atoms with Crippen LogP contribution in [-0.2, 0) is 9.59 Å². The summed E-state index contributed by atoms with van der Waals surface area (Å²) in [7, 11) is 0. The van der Waals surface area contributed by atoms with Gasteiger partial charge in [0.1, 0.15) is 5.54 Å². The average molecular weight is 362 g/mol.